The third kappa shape index (κ3) is 6.94. The zero-order chi connectivity index (χ0) is 20.3. The molecule has 0 unspecified atom stereocenters. The Labute approximate surface area is 173 Å². The molecule has 0 saturated heterocycles. The Morgan fingerprint density at radius 1 is 0.931 bits per heavy atom. The number of benzene rings is 2. The van der Waals surface area contributed by atoms with E-state index in [1.54, 1.807) is 6.08 Å². The standard InChI is InChI=1S/C25H30O4/c1-2-23-22(26)15-9-10-16-24(28-18-21-13-7-4-8-14-21)25(29-23)19-27-17-20-11-5-3-6-12-20/h2-14,22-26H,1,15-19H2/b10-9-/t22-,23+,24+,25-/m1/s1. The van der Waals surface area contributed by atoms with E-state index in [-0.39, 0.29) is 12.2 Å². The highest BCUT2D eigenvalue weighted by atomic mass is 16.6. The minimum atomic E-state index is -0.631. The molecule has 0 aromatic heterocycles. The molecule has 1 aliphatic rings. The fraction of sp³-hybridized carbons (Fsp3) is 0.360. The highest BCUT2D eigenvalue weighted by Gasteiger charge is 2.29. The summed E-state index contributed by atoms with van der Waals surface area (Å²) in [4.78, 5) is 0. The van der Waals surface area contributed by atoms with Crippen LogP contribution >= 0.6 is 0 Å². The molecule has 0 fully saturated rings. The summed E-state index contributed by atoms with van der Waals surface area (Å²) in [6.07, 6.45) is 5.32. The monoisotopic (exact) mass is 394 g/mol. The van der Waals surface area contributed by atoms with Gasteiger partial charge in [0.2, 0.25) is 0 Å². The van der Waals surface area contributed by atoms with Crippen molar-refractivity contribution in [1.82, 2.24) is 0 Å². The van der Waals surface area contributed by atoms with Crippen LogP contribution in [-0.2, 0) is 27.4 Å². The van der Waals surface area contributed by atoms with E-state index in [4.69, 9.17) is 14.2 Å². The molecular weight excluding hydrogens is 364 g/mol. The molecule has 0 bridgehead atoms. The van der Waals surface area contributed by atoms with Gasteiger partial charge in [-0.15, -0.1) is 6.58 Å². The van der Waals surface area contributed by atoms with Crippen molar-refractivity contribution in [2.75, 3.05) is 6.61 Å². The molecule has 0 spiro atoms. The molecule has 1 heterocycles. The zero-order valence-corrected chi connectivity index (χ0v) is 16.7. The van der Waals surface area contributed by atoms with E-state index < -0.39 is 12.2 Å². The smallest absolute Gasteiger partial charge is 0.108 e. The molecule has 2 aromatic carbocycles. The molecule has 4 heteroatoms. The van der Waals surface area contributed by atoms with Crippen LogP contribution in [0.4, 0.5) is 0 Å². The maximum absolute atomic E-state index is 10.4. The Bertz CT molecular complexity index is 744. The fourth-order valence-corrected chi connectivity index (χ4v) is 3.31. The van der Waals surface area contributed by atoms with Gasteiger partial charge in [0.05, 0.1) is 32.0 Å². The van der Waals surface area contributed by atoms with Crippen molar-refractivity contribution in [2.24, 2.45) is 0 Å². The molecule has 29 heavy (non-hydrogen) atoms. The lowest BCUT2D eigenvalue weighted by Gasteiger charge is -2.30. The molecule has 4 atom stereocenters. The lowest BCUT2D eigenvalue weighted by Crippen LogP contribution is -2.40. The minimum Gasteiger partial charge on any atom is -0.390 e. The van der Waals surface area contributed by atoms with Crippen LogP contribution in [-0.4, -0.2) is 36.1 Å². The lowest BCUT2D eigenvalue weighted by atomic mass is 10.1. The van der Waals surface area contributed by atoms with Crippen molar-refractivity contribution in [1.29, 1.82) is 0 Å². The molecular formula is C25H30O4. The molecule has 4 nitrogen and oxygen atoms in total. The summed E-state index contributed by atoms with van der Waals surface area (Å²) in [6, 6.07) is 20.1. The van der Waals surface area contributed by atoms with Crippen molar-refractivity contribution < 1.29 is 19.3 Å². The molecule has 154 valence electrons. The van der Waals surface area contributed by atoms with Gasteiger partial charge in [0, 0.05) is 0 Å². The number of aliphatic hydroxyl groups excluding tert-OH is 1. The Balaban J connectivity index is 1.67. The number of hydrogen-bond donors (Lipinski definition) is 1. The molecule has 0 radical (unpaired) electrons. The van der Waals surface area contributed by atoms with Crippen LogP contribution in [0, 0.1) is 0 Å². The SMILES string of the molecule is C=C[C@@H]1O[C@H](COCc2ccccc2)[C@@H](OCc2ccccc2)C/C=C\C[C@H]1O. The first-order chi connectivity index (χ1) is 14.3. The number of rotatable bonds is 8. The van der Waals surface area contributed by atoms with Crippen molar-refractivity contribution in [3.05, 3.63) is 96.6 Å². The average molecular weight is 395 g/mol. The Morgan fingerprint density at radius 3 is 2.21 bits per heavy atom. The number of ether oxygens (including phenoxy) is 3. The summed E-state index contributed by atoms with van der Waals surface area (Å²) in [7, 11) is 0. The van der Waals surface area contributed by atoms with E-state index in [1.807, 2.05) is 66.7 Å². The van der Waals surface area contributed by atoms with Gasteiger partial charge < -0.3 is 19.3 Å². The third-order valence-electron chi connectivity index (χ3n) is 4.97. The largest absolute Gasteiger partial charge is 0.390 e. The second-order valence-electron chi connectivity index (χ2n) is 7.22. The second-order valence-corrected chi connectivity index (χ2v) is 7.22. The van der Waals surface area contributed by atoms with Gasteiger partial charge in [0.1, 0.15) is 12.2 Å². The van der Waals surface area contributed by atoms with Gasteiger partial charge in [0.25, 0.3) is 0 Å². The Kier molecular flexibility index (Phi) is 8.65. The van der Waals surface area contributed by atoms with Crippen LogP contribution in [0.2, 0.25) is 0 Å². The van der Waals surface area contributed by atoms with Gasteiger partial charge in [-0.1, -0.05) is 78.9 Å². The highest BCUT2D eigenvalue weighted by Crippen LogP contribution is 2.20. The first kappa shape index (κ1) is 21.5. The summed E-state index contributed by atoms with van der Waals surface area (Å²) >= 11 is 0. The van der Waals surface area contributed by atoms with Gasteiger partial charge in [-0.3, -0.25) is 0 Å². The van der Waals surface area contributed by atoms with E-state index >= 15 is 0 Å². The molecule has 2 aromatic rings. The van der Waals surface area contributed by atoms with Crippen LogP contribution in [0.5, 0.6) is 0 Å². The normalized spacial score (nSPS) is 26.1. The van der Waals surface area contributed by atoms with Crippen molar-refractivity contribution >= 4 is 0 Å². The van der Waals surface area contributed by atoms with E-state index in [9.17, 15) is 5.11 Å². The predicted molar refractivity (Wildman–Crippen MR) is 114 cm³/mol. The third-order valence-corrected chi connectivity index (χ3v) is 4.97. The summed E-state index contributed by atoms with van der Waals surface area (Å²) in [5.74, 6) is 0. The van der Waals surface area contributed by atoms with Gasteiger partial charge in [0.15, 0.2) is 0 Å². The van der Waals surface area contributed by atoms with Crippen LogP contribution in [0.25, 0.3) is 0 Å². The molecule has 1 aliphatic heterocycles. The number of aliphatic hydroxyl groups is 1. The van der Waals surface area contributed by atoms with Crippen LogP contribution in [0.3, 0.4) is 0 Å². The van der Waals surface area contributed by atoms with Gasteiger partial charge in [-0.05, 0) is 24.0 Å². The van der Waals surface area contributed by atoms with E-state index in [0.29, 0.717) is 32.7 Å². The first-order valence-corrected chi connectivity index (χ1v) is 10.1. The lowest BCUT2D eigenvalue weighted by molar-refractivity contribution is -0.142. The zero-order valence-electron chi connectivity index (χ0n) is 16.7. The molecule has 0 amide bonds. The van der Waals surface area contributed by atoms with Crippen molar-refractivity contribution in [2.45, 2.75) is 50.5 Å². The quantitative estimate of drug-likeness (QED) is 0.673. The predicted octanol–water partition coefficient (Wildman–Crippen LogP) is 4.44. The van der Waals surface area contributed by atoms with E-state index in [0.717, 1.165) is 11.1 Å². The van der Waals surface area contributed by atoms with Crippen LogP contribution in [0.15, 0.2) is 85.5 Å². The maximum atomic E-state index is 10.4. The van der Waals surface area contributed by atoms with Crippen molar-refractivity contribution in [3.8, 4) is 0 Å². The first-order valence-electron chi connectivity index (χ1n) is 10.1. The average Bonchev–Trinajstić information content (AvgIpc) is 2.83. The van der Waals surface area contributed by atoms with E-state index in [1.165, 1.54) is 0 Å². The Hall–Kier alpha value is -2.24. The fourth-order valence-electron chi connectivity index (χ4n) is 3.31. The molecule has 0 aliphatic carbocycles. The van der Waals surface area contributed by atoms with Crippen LogP contribution < -0.4 is 0 Å². The highest BCUT2D eigenvalue weighted by molar-refractivity contribution is 5.14. The van der Waals surface area contributed by atoms with Gasteiger partial charge in [-0.2, -0.15) is 0 Å². The maximum Gasteiger partial charge on any atom is 0.108 e. The molecule has 3 rings (SSSR count). The van der Waals surface area contributed by atoms with Crippen molar-refractivity contribution in [3.63, 3.8) is 0 Å². The van der Waals surface area contributed by atoms with E-state index in [2.05, 4.69) is 12.7 Å². The minimum absolute atomic E-state index is 0.185. The summed E-state index contributed by atoms with van der Waals surface area (Å²) in [6.45, 7) is 5.20. The summed E-state index contributed by atoms with van der Waals surface area (Å²) in [5, 5.41) is 10.4. The van der Waals surface area contributed by atoms with Crippen LogP contribution in [0.1, 0.15) is 24.0 Å². The second kappa shape index (κ2) is 11.7. The van der Waals surface area contributed by atoms with Gasteiger partial charge in [-0.25, -0.2) is 0 Å². The van der Waals surface area contributed by atoms with Gasteiger partial charge >= 0.3 is 0 Å². The summed E-state index contributed by atoms with van der Waals surface area (Å²) < 4.78 is 18.4. The molecule has 0 saturated carbocycles. The Morgan fingerprint density at radius 2 is 1.55 bits per heavy atom. The number of hydrogen-bond acceptors (Lipinski definition) is 4. The topological polar surface area (TPSA) is 47.9 Å². The summed E-state index contributed by atoms with van der Waals surface area (Å²) in [5.41, 5.74) is 2.22. The molecule has 1 N–H and O–H groups in total.